The molecule has 1 saturated heterocycles. The van der Waals surface area contributed by atoms with Gasteiger partial charge in [-0.3, -0.25) is 0 Å². The molecule has 1 fully saturated rings. The number of nitrogens with zero attached hydrogens (tertiary/aromatic N) is 1. The molecule has 0 spiro atoms. The van der Waals surface area contributed by atoms with Crippen LogP contribution < -0.4 is 15.0 Å². The lowest BCUT2D eigenvalue weighted by Gasteiger charge is -2.28. The van der Waals surface area contributed by atoms with Gasteiger partial charge in [-0.1, -0.05) is 6.07 Å². The number of anilines is 1. The zero-order chi connectivity index (χ0) is 18.9. The van der Waals surface area contributed by atoms with Gasteiger partial charge >= 0.3 is 0 Å². The molecule has 6 heteroatoms. The average molecular weight is 405 g/mol. The maximum atomic E-state index is 5.74. The molecule has 0 unspecified atom stereocenters. The van der Waals surface area contributed by atoms with Crippen LogP contribution in [0.25, 0.3) is 0 Å². The molecule has 0 radical (unpaired) electrons. The number of nitrogens with one attached hydrogen (secondary N) is 2. The van der Waals surface area contributed by atoms with Crippen molar-refractivity contribution >= 4 is 34.4 Å². The fourth-order valence-electron chi connectivity index (χ4n) is 3.54. The van der Waals surface area contributed by atoms with Crippen LogP contribution >= 0.6 is 23.6 Å². The van der Waals surface area contributed by atoms with Crippen LogP contribution in [-0.2, 0) is 6.54 Å². The Morgan fingerprint density at radius 1 is 1.19 bits per heavy atom. The SMILES string of the molecule is COc1ccc(NC(=S)N(CCC[NH+]2CCCCC2)Cc2cccs2)cc1. The Balaban J connectivity index is 1.56. The van der Waals surface area contributed by atoms with Crippen molar-refractivity contribution in [2.45, 2.75) is 32.2 Å². The Morgan fingerprint density at radius 3 is 2.63 bits per heavy atom. The standard InChI is InChI=1S/C21H29N3OS2/c1-25-19-10-8-18(9-11-19)22-21(26)24(17-20-7-5-16-27-20)15-6-14-23-12-3-2-4-13-23/h5,7-11,16H,2-4,6,12-15,17H2,1H3,(H,22,26)/p+1. The maximum Gasteiger partial charge on any atom is 0.173 e. The molecule has 27 heavy (non-hydrogen) atoms. The number of thiophene rings is 1. The fourth-order valence-corrected chi connectivity index (χ4v) is 4.53. The highest BCUT2D eigenvalue weighted by molar-refractivity contribution is 7.80. The van der Waals surface area contributed by atoms with Crippen LogP contribution in [0.5, 0.6) is 5.75 Å². The third-order valence-electron chi connectivity index (χ3n) is 5.07. The van der Waals surface area contributed by atoms with E-state index in [2.05, 4.69) is 27.7 Å². The Kier molecular flexibility index (Phi) is 7.93. The highest BCUT2D eigenvalue weighted by Gasteiger charge is 2.16. The van der Waals surface area contributed by atoms with E-state index in [9.17, 15) is 0 Å². The van der Waals surface area contributed by atoms with Crippen molar-refractivity contribution in [2.24, 2.45) is 0 Å². The van der Waals surface area contributed by atoms with Crippen LogP contribution in [-0.4, -0.2) is 43.3 Å². The topological polar surface area (TPSA) is 28.9 Å². The van der Waals surface area contributed by atoms with E-state index in [1.165, 1.54) is 50.2 Å². The Labute approximate surface area is 172 Å². The van der Waals surface area contributed by atoms with Gasteiger partial charge in [0.25, 0.3) is 0 Å². The summed E-state index contributed by atoms with van der Waals surface area (Å²) in [6.07, 6.45) is 5.34. The number of methoxy groups -OCH3 is 1. The summed E-state index contributed by atoms with van der Waals surface area (Å²) < 4.78 is 5.23. The van der Waals surface area contributed by atoms with E-state index in [-0.39, 0.29) is 0 Å². The Bertz CT molecular complexity index is 682. The van der Waals surface area contributed by atoms with Gasteiger partial charge in [-0.25, -0.2) is 0 Å². The quantitative estimate of drug-likeness (QED) is 0.660. The summed E-state index contributed by atoms with van der Waals surface area (Å²) in [4.78, 5) is 5.40. The van der Waals surface area contributed by atoms with Crippen molar-refractivity contribution in [2.75, 3.05) is 38.6 Å². The molecule has 0 atom stereocenters. The van der Waals surface area contributed by atoms with Gasteiger partial charge in [0.2, 0.25) is 0 Å². The zero-order valence-electron chi connectivity index (χ0n) is 16.1. The predicted molar refractivity (Wildman–Crippen MR) is 118 cm³/mol. The van der Waals surface area contributed by atoms with E-state index in [0.29, 0.717) is 0 Å². The van der Waals surface area contributed by atoms with Gasteiger partial charge in [-0.2, -0.15) is 0 Å². The van der Waals surface area contributed by atoms with Crippen molar-refractivity contribution in [3.63, 3.8) is 0 Å². The summed E-state index contributed by atoms with van der Waals surface area (Å²) in [5.74, 6) is 0.853. The van der Waals surface area contributed by atoms with Crippen LogP contribution in [0.15, 0.2) is 41.8 Å². The Morgan fingerprint density at radius 2 is 1.96 bits per heavy atom. The molecule has 0 aliphatic carbocycles. The van der Waals surface area contributed by atoms with Crippen molar-refractivity contribution in [1.82, 2.24) is 4.90 Å². The molecule has 1 aliphatic heterocycles. The number of quaternary nitrogens is 1. The van der Waals surface area contributed by atoms with Gasteiger partial charge in [0.15, 0.2) is 5.11 Å². The number of hydrogen-bond donors (Lipinski definition) is 2. The second kappa shape index (κ2) is 10.6. The number of thiocarbonyl (C=S) groups is 1. The molecule has 0 amide bonds. The minimum absolute atomic E-state index is 0.794. The molecule has 0 saturated carbocycles. The molecule has 3 rings (SSSR count). The first-order valence-corrected chi connectivity index (χ1v) is 11.1. The first kappa shape index (κ1) is 20.1. The molecule has 1 aromatic heterocycles. The van der Waals surface area contributed by atoms with Gasteiger partial charge in [0, 0.05) is 23.5 Å². The van der Waals surface area contributed by atoms with E-state index in [1.807, 2.05) is 24.3 Å². The highest BCUT2D eigenvalue weighted by atomic mass is 32.1. The molecule has 2 heterocycles. The van der Waals surface area contributed by atoms with Gasteiger partial charge in [0.1, 0.15) is 5.75 Å². The van der Waals surface area contributed by atoms with E-state index < -0.39 is 0 Å². The van der Waals surface area contributed by atoms with Crippen molar-refractivity contribution in [3.8, 4) is 5.75 Å². The number of likely N-dealkylation sites (tertiary alicyclic amines) is 1. The van der Waals surface area contributed by atoms with Gasteiger partial charge < -0.3 is 19.9 Å². The molecular formula is C21H30N3OS2+. The predicted octanol–water partition coefficient (Wildman–Crippen LogP) is 3.41. The molecule has 2 aromatic rings. The summed E-state index contributed by atoms with van der Waals surface area (Å²) in [6, 6.07) is 12.2. The largest absolute Gasteiger partial charge is 0.497 e. The average Bonchev–Trinajstić information content (AvgIpc) is 3.22. The molecule has 4 nitrogen and oxygen atoms in total. The van der Waals surface area contributed by atoms with Gasteiger partial charge in [-0.15, -0.1) is 11.3 Å². The maximum absolute atomic E-state index is 5.74. The van der Waals surface area contributed by atoms with Gasteiger partial charge in [-0.05, 0) is 67.2 Å². The minimum atomic E-state index is 0.794. The second-order valence-corrected chi connectivity index (χ2v) is 8.49. The molecule has 146 valence electrons. The molecular weight excluding hydrogens is 374 g/mol. The first-order chi connectivity index (χ1) is 13.2. The number of rotatable bonds is 8. The third-order valence-corrected chi connectivity index (χ3v) is 6.30. The number of benzene rings is 1. The summed E-state index contributed by atoms with van der Waals surface area (Å²) in [6.45, 7) is 5.77. The van der Waals surface area contributed by atoms with Gasteiger partial charge in [0.05, 0.1) is 33.3 Å². The van der Waals surface area contributed by atoms with Crippen LogP contribution in [0.4, 0.5) is 5.69 Å². The van der Waals surface area contributed by atoms with Crippen molar-refractivity contribution in [3.05, 3.63) is 46.7 Å². The molecule has 1 aliphatic rings. The fraction of sp³-hybridized carbons (Fsp3) is 0.476. The third kappa shape index (κ3) is 6.48. The lowest BCUT2D eigenvalue weighted by Crippen LogP contribution is -3.12. The molecule has 0 bridgehead atoms. The lowest BCUT2D eigenvalue weighted by molar-refractivity contribution is -0.905. The normalized spacial score (nSPS) is 14.7. The Hall–Kier alpha value is -1.63. The molecule has 2 N–H and O–H groups in total. The van der Waals surface area contributed by atoms with Crippen LogP contribution in [0.2, 0.25) is 0 Å². The summed E-state index contributed by atoms with van der Waals surface area (Å²) in [7, 11) is 1.68. The summed E-state index contributed by atoms with van der Waals surface area (Å²) >= 11 is 7.53. The number of piperidine rings is 1. The zero-order valence-corrected chi connectivity index (χ0v) is 17.7. The first-order valence-electron chi connectivity index (χ1n) is 9.80. The summed E-state index contributed by atoms with van der Waals surface area (Å²) in [5, 5.41) is 6.32. The van der Waals surface area contributed by atoms with Crippen LogP contribution in [0, 0.1) is 0 Å². The smallest absolute Gasteiger partial charge is 0.173 e. The van der Waals surface area contributed by atoms with Crippen LogP contribution in [0.3, 0.4) is 0 Å². The lowest BCUT2D eigenvalue weighted by atomic mass is 10.1. The van der Waals surface area contributed by atoms with E-state index in [0.717, 1.165) is 29.6 Å². The second-order valence-electron chi connectivity index (χ2n) is 7.07. The van der Waals surface area contributed by atoms with E-state index in [1.54, 1.807) is 23.3 Å². The minimum Gasteiger partial charge on any atom is -0.497 e. The monoisotopic (exact) mass is 404 g/mol. The molecule has 1 aromatic carbocycles. The summed E-state index contributed by atoms with van der Waals surface area (Å²) in [5.41, 5.74) is 0.999. The number of hydrogen-bond acceptors (Lipinski definition) is 3. The number of ether oxygens (including phenoxy) is 1. The van der Waals surface area contributed by atoms with E-state index >= 15 is 0 Å². The van der Waals surface area contributed by atoms with E-state index in [4.69, 9.17) is 17.0 Å². The highest BCUT2D eigenvalue weighted by Crippen LogP contribution is 2.17. The van der Waals surface area contributed by atoms with Crippen molar-refractivity contribution in [1.29, 1.82) is 0 Å². The van der Waals surface area contributed by atoms with Crippen molar-refractivity contribution < 1.29 is 9.64 Å². The van der Waals surface area contributed by atoms with Crippen LogP contribution in [0.1, 0.15) is 30.6 Å².